The number of H-pyrrole nitrogens is 1. The van der Waals surface area contributed by atoms with Crippen molar-refractivity contribution in [3.8, 4) is 0 Å². The summed E-state index contributed by atoms with van der Waals surface area (Å²) < 4.78 is 0. The highest BCUT2D eigenvalue weighted by Crippen LogP contribution is 2.14. The molecule has 6 heteroatoms. The number of hydrogen-bond donors (Lipinski definition) is 2. The van der Waals surface area contributed by atoms with E-state index in [1.165, 1.54) is 12.7 Å². The number of carboxylic acid groups (broad SMARTS) is 1. The number of imidazole rings is 1. The maximum atomic E-state index is 12.2. The molecule has 6 nitrogen and oxygen atoms in total. The van der Waals surface area contributed by atoms with E-state index in [0.717, 1.165) is 25.7 Å². The molecule has 0 atom stereocenters. The number of carbonyl (C=O) groups is 2. The number of likely N-dealkylation sites (tertiary alicyclic amines) is 1. The third kappa shape index (κ3) is 2.69. The molecule has 1 saturated heterocycles. The van der Waals surface area contributed by atoms with Gasteiger partial charge in [-0.25, -0.2) is 9.78 Å². The van der Waals surface area contributed by atoms with Crippen LogP contribution in [-0.2, 0) is 0 Å². The smallest absolute Gasteiger partial charge is 0.354 e. The molecule has 0 aromatic carbocycles. The van der Waals surface area contributed by atoms with Crippen LogP contribution in [0.4, 0.5) is 0 Å². The van der Waals surface area contributed by atoms with Crippen molar-refractivity contribution in [2.45, 2.75) is 32.1 Å². The zero-order valence-corrected chi connectivity index (χ0v) is 10.2. The number of carbonyl (C=O) groups excluding carboxylic acids is 1. The van der Waals surface area contributed by atoms with Crippen molar-refractivity contribution in [1.82, 2.24) is 14.9 Å². The van der Waals surface area contributed by atoms with Crippen LogP contribution in [0.25, 0.3) is 0 Å². The first kappa shape index (κ1) is 12.6. The lowest BCUT2D eigenvalue weighted by Crippen LogP contribution is -2.34. The lowest BCUT2D eigenvalue weighted by Gasteiger charge is -2.24. The Morgan fingerprint density at radius 3 is 2.39 bits per heavy atom. The molecule has 1 aliphatic heterocycles. The number of aromatic amines is 1. The van der Waals surface area contributed by atoms with Gasteiger partial charge in [-0.3, -0.25) is 4.79 Å². The normalized spacial score (nSPS) is 17.0. The van der Waals surface area contributed by atoms with Gasteiger partial charge < -0.3 is 15.0 Å². The molecule has 98 valence electrons. The summed E-state index contributed by atoms with van der Waals surface area (Å²) in [6.07, 6.45) is 6.65. The van der Waals surface area contributed by atoms with Crippen molar-refractivity contribution >= 4 is 11.9 Å². The highest BCUT2D eigenvalue weighted by atomic mass is 16.4. The average molecular weight is 251 g/mol. The maximum absolute atomic E-state index is 12.2. The molecule has 1 amide bonds. The van der Waals surface area contributed by atoms with E-state index in [4.69, 9.17) is 5.11 Å². The van der Waals surface area contributed by atoms with Crippen molar-refractivity contribution in [2.24, 2.45) is 0 Å². The molecule has 2 heterocycles. The Bertz CT molecular complexity index is 434. The number of aromatic nitrogens is 2. The highest BCUT2D eigenvalue weighted by molar-refractivity contribution is 6.02. The van der Waals surface area contributed by atoms with Gasteiger partial charge in [0.1, 0.15) is 0 Å². The SMILES string of the molecule is O=C(O)c1[nH]cnc1C(=O)N1CCCCCCC1. The fourth-order valence-electron chi connectivity index (χ4n) is 2.22. The van der Waals surface area contributed by atoms with E-state index in [1.807, 2.05) is 0 Å². The Morgan fingerprint density at radius 2 is 1.78 bits per heavy atom. The molecule has 1 aromatic heterocycles. The lowest BCUT2D eigenvalue weighted by atomic mass is 10.1. The number of amides is 1. The Morgan fingerprint density at radius 1 is 1.17 bits per heavy atom. The van der Waals surface area contributed by atoms with E-state index in [0.29, 0.717) is 13.1 Å². The molecule has 1 fully saturated rings. The van der Waals surface area contributed by atoms with Crippen molar-refractivity contribution < 1.29 is 14.7 Å². The van der Waals surface area contributed by atoms with Gasteiger partial charge in [0.15, 0.2) is 11.4 Å². The summed E-state index contributed by atoms with van der Waals surface area (Å²) in [4.78, 5) is 31.2. The van der Waals surface area contributed by atoms with Crippen LogP contribution in [0.1, 0.15) is 53.1 Å². The lowest BCUT2D eigenvalue weighted by molar-refractivity contribution is 0.0665. The molecule has 0 spiro atoms. The van der Waals surface area contributed by atoms with Gasteiger partial charge in [-0.2, -0.15) is 0 Å². The Labute approximate surface area is 105 Å². The second-order valence-corrected chi connectivity index (χ2v) is 4.49. The topological polar surface area (TPSA) is 86.3 Å². The Hall–Kier alpha value is -1.85. The minimum atomic E-state index is -1.15. The Kier molecular flexibility index (Phi) is 3.96. The van der Waals surface area contributed by atoms with E-state index in [-0.39, 0.29) is 17.3 Å². The van der Waals surface area contributed by atoms with Crippen molar-refractivity contribution in [1.29, 1.82) is 0 Å². The summed E-state index contributed by atoms with van der Waals surface area (Å²) in [5.74, 6) is -1.43. The van der Waals surface area contributed by atoms with Crippen LogP contribution in [0, 0.1) is 0 Å². The number of hydrogen-bond acceptors (Lipinski definition) is 3. The van der Waals surface area contributed by atoms with Gasteiger partial charge >= 0.3 is 5.97 Å². The molecular formula is C12H17N3O3. The van der Waals surface area contributed by atoms with Crippen LogP contribution in [-0.4, -0.2) is 44.9 Å². The molecule has 0 bridgehead atoms. The fraction of sp³-hybridized carbons (Fsp3) is 0.583. The summed E-state index contributed by atoms with van der Waals surface area (Å²) in [6, 6.07) is 0. The minimum Gasteiger partial charge on any atom is -0.477 e. The first-order valence-electron chi connectivity index (χ1n) is 6.26. The van der Waals surface area contributed by atoms with E-state index < -0.39 is 5.97 Å². The summed E-state index contributed by atoms with van der Waals surface area (Å²) in [6.45, 7) is 1.37. The van der Waals surface area contributed by atoms with Crippen LogP contribution in [0.15, 0.2) is 6.33 Å². The fourth-order valence-corrected chi connectivity index (χ4v) is 2.22. The first-order chi connectivity index (χ1) is 8.70. The number of nitrogens with one attached hydrogen (secondary N) is 1. The number of carboxylic acids is 1. The van der Waals surface area contributed by atoms with Crippen LogP contribution in [0.2, 0.25) is 0 Å². The molecule has 2 rings (SSSR count). The van der Waals surface area contributed by atoms with Crippen molar-refractivity contribution in [3.05, 3.63) is 17.7 Å². The van der Waals surface area contributed by atoms with Gasteiger partial charge in [-0.15, -0.1) is 0 Å². The molecule has 0 saturated carbocycles. The van der Waals surface area contributed by atoms with Crippen molar-refractivity contribution in [2.75, 3.05) is 13.1 Å². The summed E-state index contributed by atoms with van der Waals surface area (Å²) >= 11 is 0. The first-order valence-corrected chi connectivity index (χ1v) is 6.26. The standard InChI is InChI=1S/C12H17N3O3/c16-11(9-10(12(17)18)14-8-13-9)15-6-4-2-1-3-5-7-15/h8H,1-7H2,(H,13,14)(H,17,18). The molecule has 18 heavy (non-hydrogen) atoms. The predicted molar refractivity (Wildman–Crippen MR) is 64.5 cm³/mol. The highest BCUT2D eigenvalue weighted by Gasteiger charge is 2.24. The summed E-state index contributed by atoms with van der Waals surface area (Å²) in [5.41, 5.74) is -0.106. The third-order valence-corrected chi connectivity index (χ3v) is 3.20. The van der Waals surface area contributed by atoms with E-state index >= 15 is 0 Å². The predicted octanol–water partition coefficient (Wildman–Crippen LogP) is 1.51. The van der Waals surface area contributed by atoms with Crippen LogP contribution >= 0.6 is 0 Å². The quantitative estimate of drug-likeness (QED) is 0.834. The third-order valence-electron chi connectivity index (χ3n) is 3.20. The van der Waals surface area contributed by atoms with Crippen LogP contribution in [0.5, 0.6) is 0 Å². The molecule has 0 aliphatic carbocycles. The van der Waals surface area contributed by atoms with Crippen molar-refractivity contribution in [3.63, 3.8) is 0 Å². The zero-order valence-electron chi connectivity index (χ0n) is 10.2. The van der Waals surface area contributed by atoms with Gasteiger partial charge in [0.2, 0.25) is 0 Å². The van der Waals surface area contributed by atoms with Gasteiger partial charge in [0.25, 0.3) is 5.91 Å². The maximum Gasteiger partial charge on any atom is 0.354 e. The Balaban J connectivity index is 2.13. The van der Waals surface area contributed by atoms with Crippen LogP contribution in [0.3, 0.4) is 0 Å². The average Bonchev–Trinajstić information content (AvgIpc) is 2.76. The largest absolute Gasteiger partial charge is 0.477 e. The number of rotatable bonds is 2. The van der Waals surface area contributed by atoms with E-state index in [9.17, 15) is 9.59 Å². The molecule has 1 aromatic rings. The monoisotopic (exact) mass is 251 g/mol. The van der Waals surface area contributed by atoms with Gasteiger partial charge in [-0.1, -0.05) is 19.3 Å². The minimum absolute atomic E-state index is 0.0167. The van der Waals surface area contributed by atoms with Gasteiger partial charge in [-0.05, 0) is 12.8 Å². The second-order valence-electron chi connectivity index (χ2n) is 4.49. The van der Waals surface area contributed by atoms with Crippen LogP contribution < -0.4 is 0 Å². The summed E-state index contributed by atoms with van der Waals surface area (Å²) in [7, 11) is 0. The van der Waals surface area contributed by atoms with Gasteiger partial charge in [0.05, 0.1) is 6.33 Å². The second kappa shape index (κ2) is 5.66. The van der Waals surface area contributed by atoms with Gasteiger partial charge in [0, 0.05) is 13.1 Å². The molecule has 0 unspecified atom stereocenters. The zero-order chi connectivity index (χ0) is 13.0. The molecule has 0 radical (unpaired) electrons. The molecular weight excluding hydrogens is 234 g/mol. The van der Waals surface area contributed by atoms with E-state index in [2.05, 4.69) is 9.97 Å². The number of aromatic carboxylic acids is 1. The van der Waals surface area contributed by atoms with E-state index in [1.54, 1.807) is 4.90 Å². The molecule has 2 N–H and O–H groups in total. The number of nitrogens with zero attached hydrogens (tertiary/aromatic N) is 2. The summed E-state index contributed by atoms with van der Waals surface area (Å²) in [5, 5.41) is 8.96. The molecule has 1 aliphatic rings.